The standard InChI is InChI=1S/C19H19Cl2N3O3/c1-12(25)13-6-3-4-9-16(13)22-17(26)10-24(2)11-18(27)23-19-14(20)7-5-8-15(19)21/h3-9H,10-11H2,1-2H3,(H,22,26)(H,23,27)/p+1. The highest BCUT2D eigenvalue weighted by Crippen LogP contribution is 2.29. The number of nitrogens with one attached hydrogen (secondary N) is 3. The molecule has 3 N–H and O–H groups in total. The molecule has 0 aromatic heterocycles. The summed E-state index contributed by atoms with van der Waals surface area (Å²) >= 11 is 12.1. The Morgan fingerprint density at radius 2 is 1.44 bits per heavy atom. The molecule has 2 amide bonds. The highest BCUT2D eigenvalue weighted by molar-refractivity contribution is 6.39. The van der Waals surface area contributed by atoms with Gasteiger partial charge < -0.3 is 15.5 Å². The van der Waals surface area contributed by atoms with E-state index < -0.39 is 0 Å². The number of para-hydroxylation sites is 2. The number of quaternary nitrogens is 1. The van der Waals surface area contributed by atoms with Crippen LogP contribution in [0, 0.1) is 0 Å². The maximum absolute atomic E-state index is 12.2. The van der Waals surface area contributed by atoms with E-state index in [1.54, 1.807) is 49.5 Å². The summed E-state index contributed by atoms with van der Waals surface area (Å²) < 4.78 is 0. The number of Topliss-reactive ketones (excluding diaryl/α,β-unsaturated/α-hetero) is 1. The van der Waals surface area contributed by atoms with Gasteiger partial charge in [-0.3, -0.25) is 14.4 Å². The SMILES string of the molecule is CC(=O)c1ccccc1NC(=O)C[NH+](C)CC(=O)Nc1c(Cl)cccc1Cl. The van der Waals surface area contributed by atoms with Crippen molar-refractivity contribution in [2.45, 2.75) is 6.92 Å². The zero-order chi connectivity index (χ0) is 20.0. The molecule has 27 heavy (non-hydrogen) atoms. The fourth-order valence-corrected chi connectivity index (χ4v) is 3.00. The minimum atomic E-state index is -0.320. The number of ketones is 1. The zero-order valence-electron chi connectivity index (χ0n) is 14.9. The largest absolute Gasteiger partial charge is 0.322 e. The number of likely N-dealkylation sites (N-methyl/N-ethyl adjacent to an activating group) is 1. The number of halogens is 2. The smallest absolute Gasteiger partial charge is 0.279 e. The number of anilines is 2. The van der Waals surface area contributed by atoms with Crippen molar-refractivity contribution in [3.8, 4) is 0 Å². The van der Waals surface area contributed by atoms with Crippen LogP contribution in [0.5, 0.6) is 0 Å². The van der Waals surface area contributed by atoms with Crippen molar-refractivity contribution in [3.63, 3.8) is 0 Å². The molecule has 2 rings (SSSR count). The van der Waals surface area contributed by atoms with Gasteiger partial charge in [0.25, 0.3) is 11.8 Å². The van der Waals surface area contributed by atoms with Crippen LogP contribution in [0.25, 0.3) is 0 Å². The summed E-state index contributed by atoms with van der Waals surface area (Å²) in [5, 5.41) is 6.05. The molecule has 0 aliphatic heterocycles. The monoisotopic (exact) mass is 408 g/mol. The second kappa shape index (κ2) is 9.50. The van der Waals surface area contributed by atoms with Crippen LogP contribution in [-0.4, -0.2) is 37.7 Å². The average molecular weight is 409 g/mol. The third-order valence-electron chi connectivity index (χ3n) is 3.73. The van der Waals surface area contributed by atoms with E-state index in [-0.39, 0.29) is 30.7 Å². The molecule has 0 aliphatic carbocycles. The minimum Gasteiger partial charge on any atom is -0.322 e. The Kier molecular flexibility index (Phi) is 7.36. The topological polar surface area (TPSA) is 79.7 Å². The maximum atomic E-state index is 12.2. The molecule has 0 saturated carbocycles. The van der Waals surface area contributed by atoms with E-state index >= 15 is 0 Å². The fraction of sp³-hybridized carbons (Fsp3) is 0.211. The number of rotatable bonds is 7. The van der Waals surface area contributed by atoms with Gasteiger partial charge in [-0.15, -0.1) is 0 Å². The van der Waals surface area contributed by atoms with Gasteiger partial charge in [0, 0.05) is 5.56 Å². The molecule has 0 spiro atoms. The van der Waals surface area contributed by atoms with Crippen molar-refractivity contribution in [1.82, 2.24) is 0 Å². The Bertz CT molecular complexity index is 851. The lowest BCUT2D eigenvalue weighted by Crippen LogP contribution is -3.11. The summed E-state index contributed by atoms with van der Waals surface area (Å²) in [6.45, 7) is 1.53. The van der Waals surface area contributed by atoms with Crippen LogP contribution >= 0.6 is 23.2 Å². The fourth-order valence-electron chi connectivity index (χ4n) is 2.51. The van der Waals surface area contributed by atoms with Gasteiger partial charge >= 0.3 is 0 Å². The third-order valence-corrected chi connectivity index (χ3v) is 4.36. The van der Waals surface area contributed by atoms with Crippen molar-refractivity contribution in [3.05, 3.63) is 58.1 Å². The van der Waals surface area contributed by atoms with Crippen LogP contribution in [0.4, 0.5) is 11.4 Å². The first-order valence-electron chi connectivity index (χ1n) is 8.23. The zero-order valence-corrected chi connectivity index (χ0v) is 16.4. The first-order chi connectivity index (χ1) is 12.8. The number of benzene rings is 2. The number of hydrogen-bond acceptors (Lipinski definition) is 3. The Morgan fingerprint density at radius 1 is 0.889 bits per heavy atom. The minimum absolute atomic E-state index is 0.0450. The molecule has 6 nitrogen and oxygen atoms in total. The molecular weight excluding hydrogens is 389 g/mol. The van der Waals surface area contributed by atoms with Crippen molar-refractivity contribution in [1.29, 1.82) is 0 Å². The molecule has 0 radical (unpaired) electrons. The summed E-state index contributed by atoms with van der Waals surface area (Å²) in [4.78, 5) is 36.7. The molecule has 0 saturated heterocycles. The molecule has 1 unspecified atom stereocenters. The Morgan fingerprint density at radius 3 is 2.04 bits per heavy atom. The quantitative estimate of drug-likeness (QED) is 0.614. The van der Waals surface area contributed by atoms with E-state index in [1.807, 2.05) is 0 Å². The summed E-state index contributed by atoms with van der Waals surface area (Å²) in [6.07, 6.45) is 0. The van der Waals surface area contributed by atoms with E-state index in [9.17, 15) is 14.4 Å². The van der Waals surface area contributed by atoms with Crippen LogP contribution in [0.1, 0.15) is 17.3 Å². The molecule has 8 heteroatoms. The predicted octanol–water partition coefficient (Wildman–Crippen LogP) is 2.29. The van der Waals surface area contributed by atoms with Crippen molar-refractivity contribution < 1.29 is 19.3 Å². The third kappa shape index (κ3) is 6.06. The lowest BCUT2D eigenvalue weighted by atomic mass is 10.1. The second-order valence-electron chi connectivity index (χ2n) is 6.11. The van der Waals surface area contributed by atoms with Gasteiger partial charge in [0.1, 0.15) is 0 Å². The summed E-state index contributed by atoms with van der Waals surface area (Å²) in [5.74, 6) is -0.758. The van der Waals surface area contributed by atoms with E-state index in [1.165, 1.54) is 6.92 Å². The lowest BCUT2D eigenvalue weighted by molar-refractivity contribution is -0.862. The second-order valence-corrected chi connectivity index (χ2v) is 6.92. The average Bonchev–Trinajstić information content (AvgIpc) is 2.58. The number of amides is 2. The summed E-state index contributed by atoms with van der Waals surface area (Å²) in [6, 6.07) is 11.7. The molecule has 0 bridgehead atoms. The van der Waals surface area contributed by atoms with Crippen molar-refractivity contribution >= 4 is 52.2 Å². The molecule has 142 valence electrons. The number of carbonyl (C=O) groups excluding carboxylic acids is 3. The first-order valence-corrected chi connectivity index (χ1v) is 8.98. The Balaban J connectivity index is 1.91. The van der Waals surface area contributed by atoms with Crippen LogP contribution in [0.15, 0.2) is 42.5 Å². The molecule has 1 atom stereocenters. The predicted molar refractivity (Wildman–Crippen MR) is 107 cm³/mol. The van der Waals surface area contributed by atoms with Gasteiger partial charge in [-0.1, -0.05) is 41.4 Å². The Labute approximate surface area is 167 Å². The summed E-state index contributed by atoms with van der Waals surface area (Å²) in [7, 11) is 1.71. The highest BCUT2D eigenvalue weighted by atomic mass is 35.5. The van der Waals surface area contributed by atoms with Crippen molar-refractivity contribution in [2.24, 2.45) is 0 Å². The van der Waals surface area contributed by atoms with Gasteiger partial charge in [-0.05, 0) is 31.2 Å². The molecule has 0 fully saturated rings. The molecule has 0 heterocycles. The molecule has 2 aromatic carbocycles. The van der Waals surface area contributed by atoms with E-state index in [2.05, 4.69) is 10.6 Å². The molecule has 2 aromatic rings. The maximum Gasteiger partial charge on any atom is 0.279 e. The van der Waals surface area contributed by atoms with Gasteiger partial charge in [0.15, 0.2) is 18.9 Å². The van der Waals surface area contributed by atoms with Crippen molar-refractivity contribution in [2.75, 3.05) is 30.8 Å². The van der Waals surface area contributed by atoms with Crippen LogP contribution in [0.2, 0.25) is 10.0 Å². The number of carbonyl (C=O) groups is 3. The van der Waals surface area contributed by atoms with E-state index in [0.29, 0.717) is 31.9 Å². The first kappa shape index (κ1) is 20.9. The van der Waals surface area contributed by atoms with Crippen LogP contribution in [0.3, 0.4) is 0 Å². The van der Waals surface area contributed by atoms with Crippen LogP contribution < -0.4 is 15.5 Å². The number of hydrogen-bond donors (Lipinski definition) is 3. The van der Waals surface area contributed by atoms with E-state index in [0.717, 1.165) is 0 Å². The van der Waals surface area contributed by atoms with Crippen LogP contribution in [-0.2, 0) is 9.59 Å². The van der Waals surface area contributed by atoms with Gasteiger partial charge in [-0.25, -0.2) is 0 Å². The normalized spacial score (nSPS) is 11.6. The molecule has 0 aliphatic rings. The molecular formula is C19H20Cl2N3O3+. The summed E-state index contributed by atoms with van der Waals surface area (Å²) in [5.41, 5.74) is 1.24. The lowest BCUT2D eigenvalue weighted by Gasteiger charge is -2.15. The van der Waals surface area contributed by atoms with Gasteiger partial charge in [-0.2, -0.15) is 0 Å². The van der Waals surface area contributed by atoms with Gasteiger partial charge in [0.2, 0.25) is 0 Å². The van der Waals surface area contributed by atoms with E-state index in [4.69, 9.17) is 23.2 Å². The Hall–Kier alpha value is -2.41. The van der Waals surface area contributed by atoms with Gasteiger partial charge in [0.05, 0.1) is 28.5 Å². The highest BCUT2D eigenvalue weighted by Gasteiger charge is 2.17.